The first kappa shape index (κ1) is 13.5. The second-order valence-electron chi connectivity index (χ2n) is 4.51. The molecular weight excluding hydrogens is 222 g/mol. The molecule has 1 aromatic rings. The second kappa shape index (κ2) is 5.67. The SMILES string of the molecule is CCC(C)(O)CN[C@@H](C)c1cccc(Cl)c1. The van der Waals surface area contributed by atoms with Crippen molar-refractivity contribution in [2.24, 2.45) is 0 Å². The summed E-state index contributed by atoms with van der Waals surface area (Å²) in [7, 11) is 0. The van der Waals surface area contributed by atoms with Gasteiger partial charge in [0.2, 0.25) is 0 Å². The number of halogens is 1. The van der Waals surface area contributed by atoms with Gasteiger partial charge < -0.3 is 10.4 Å². The molecule has 0 amide bonds. The Kier molecular flexibility index (Phi) is 4.78. The van der Waals surface area contributed by atoms with E-state index in [0.29, 0.717) is 6.54 Å². The summed E-state index contributed by atoms with van der Waals surface area (Å²) < 4.78 is 0. The molecule has 0 aromatic heterocycles. The smallest absolute Gasteiger partial charge is 0.0741 e. The molecule has 0 aliphatic carbocycles. The zero-order valence-corrected chi connectivity index (χ0v) is 10.9. The van der Waals surface area contributed by atoms with E-state index >= 15 is 0 Å². The molecule has 2 atom stereocenters. The van der Waals surface area contributed by atoms with Crippen LogP contribution in [0.2, 0.25) is 5.02 Å². The molecule has 0 aliphatic heterocycles. The van der Waals surface area contributed by atoms with E-state index in [9.17, 15) is 5.11 Å². The summed E-state index contributed by atoms with van der Waals surface area (Å²) in [4.78, 5) is 0. The van der Waals surface area contributed by atoms with Crippen molar-refractivity contribution < 1.29 is 5.11 Å². The molecule has 1 aromatic carbocycles. The maximum Gasteiger partial charge on any atom is 0.0741 e. The molecule has 0 saturated heterocycles. The van der Waals surface area contributed by atoms with Crippen molar-refractivity contribution in [2.45, 2.75) is 38.8 Å². The summed E-state index contributed by atoms with van der Waals surface area (Å²) in [6, 6.07) is 7.97. The van der Waals surface area contributed by atoms with E-state index in [4.69, 9.17) is 11.6 Å². The number of rotatable bonds is 5. The van der Waals surface area contributed by atoms with Crippen LogP contribution in [0.1, 0.15) is 38.8 Å². The third kappa shape index (κ3) is 4.12. The van der Waals surface area contributed by atoms with Crippen molar-refractivity contribution in [1.29, 1.82) is 0 Å². The summed E-state index contributed by atoms with van der Waals surface area (Å²) in [5.74, 6) is 0. The van der Waals surface area contributed by atoms with E-state index in [1.807, 2.05) is 38.1 Å². The number of benzene rings is 1. The maximum atomic E-state index is 9.89. The quantitative estimate of drug-likeness (QED) is 0.830. The minimum absolute atomic E-state index is 0.191. The Morgan fingerprint density at radius 3 is 2.75 bits per heavy atom. The molecular formula is C13H20ClNO. The predicted octanol–water partition coefficient (Wildman–Crippen LogP) is 3.15. The Labute approximate surface area is 103 Å². The van der Waals surface area contributed by atoms with Gasteiger partial charge >= 0.3 is 0 Å². The van der Waals surface area contributed by atoms with Crippen molar-refractivity contribution in [3.05, 3.63) is 34.9 Å². The van der Waals surface area contributed by atoms with E-state index in [2.05, 4.69) is 12.2 Å². The minimum atomic E-state index is -0.646. The summed E-state index contributed by atoms with van der Waals surface area (Å²) in [5, 5.41) is 13.9. The standard InChI is InChI=1S/C13H20ClNO/c1-4-13(3,16)9-15-10(2)11-6-5-7-12(14)8-11/h5-8,10,15-16H,4,9H2,1-3H3/t10-,13?/m0/s1. The van der Waals surface area contributed by atoms with Crippen LogP contribution in [0, 0.1) is 0 Å². The van der Waals surface area contributed by atoms with Gasteiger partial charge in [-0.15, -0.1) is 0 Å². The zero-order valence-electron chi connectivity index (χ0n) is 10.1. The molecule has 0 heterocycles. The van der Waals surface area contributed by atoms with Gasteiger partial charge in [-0.2, -0.15) is 0 Å². The second-order valence-corrected chi connectivity index (χ2v) is 4.94. The topological polar surface area (TPSA) is 32.3 Å². The highest BCUT2D eigenvalue weighted by Crippen LogP contribution is 2.18. The van der Waals surface area contributed by atoms with Crippen molar-refractivity contribution in [3.63, 3.8) is 0 Å². The molecule has 1 rings (SSSR count). The Balaban J connectivity index is 2.56. The molecule has 90 valence electrons. The predicted molar refractivity (Wildman–Crippen MR) is 68.8 cm³/mol. The van der Waals surface area contributed by atoms with Crippen molar-refractivity contribution >= 4 is 11.6 Å². The minimum Gasteiger partial charge on any atom is -0.389 e. The first-order valence-corrected chi connectivity index (χ1v) is 6.03. The van der Waals surface area contributed by atoms with Gasteiger partial charge in [0, 0.05) is 17.6 Å². The molecule has 0 bridgehead atoms. The molecule has 2 N–H and O–H groups in total. The van der Waals surface area contributed by atoms with Crippen LogP contribution in [-0.4, -0.2) is 17.3 Å². The fourth-order valence-electron chi connectivity index (χ4n) is 1.39. The van der Waals surface area contributed by atoms with E-state index < -0.39 is 5.60 Å². The van der Waals surface area contributed by atoms with Crippen LogP contribution in [0.4, 0.5) is 0 Å². The Morgan fingerprint density at radius 2 is 2.19 bits per heavy atom. The fraction of sp³-hybridized carbons (Fsp3) is 0.538. The third-order valence-corrected chi connectivity index (χ3v) is 3.13. The molecule has 3 heteroatoms. The highest BCUT2D eigenvalue weighted by Gasteiger charge is 2.18. The molecule has 0 spiro atoms. The van der Waals surface area contributed by atoms with Crippen LogP contribution in [0.5, 0.6) is 0 Å². The lowest BCUT2D eigenvalue weighted by Crippen LogP contribution is -2.38. The molecule has 0 saturated carbocycles. The molecule has 2 nitrogen and oxygen atoms in total. The van der Waals surface area contributed by atoms with Gasteiger partial charge in [-0.3, -0.25) is 0 Å². The first-order valence-electron chi connectivity index (χ1n) is 5.66. The highest BCUT2D eigenvalue weighted by atomic mass is 35.5. The Hall–Kier alpha value is -0.570. The van der Waals surface area contributed by atoms with Crippen LogP contribution in [-0.2, 0) is 0 Å². The van der Waals surface area contributed by atoms with Crippen LogP contribution in [0.15, 0.2) is 24.3 Å². The maximum absolute atomic E-state index is 9.89. The number of aliphatic hydroxyl groups is 1. The first-order chi connectivity index (χ1) is 7.44. The lowest BCUT2D eigenvalue weighted by atomic mass is 10.0. The number of nitrogens with one attached hydrogen (secondary N) is 1. The van der Waals surface area contributed by atoms with E-state index in [1.54, 1.807) is 0 Å². The Bertz CT molecular complexity index is 338. The fourth-order valence-corrected chi connectivity index (χ4v) is 1.59. The van der Waals surface area contributed by atoms with Gasteiger partial charge in [0.05, 0.1) is 5.60 Å². The highest BCUT2D eigenvalue weighted by molar-refractivity contribution is 6.30. The van der Waals surface area contributed by atoms with Crippen LogP contribution in [0.25, 0.3) is 0 Å². The molecule has 0 aliphatic rings. The van der Waals surface area contributed by atoms with Gasteiger partial charge in [0.15, 0.2) is 0 Å². The Morgan fingerprint density at radius 1 is 1.50 bits per heavy atom. The average molecular weight is 242 g/mol. The molecule has 16 heavy (non-hydrogen) atoms. The van der Waals surface area contributed by atoms with Gasteiger partial charge in [-0.25, -0.2) is 0 Å². The molecule has 0 radical (unpaired) electrons. The van der Waals surface area contributed by atoms with Gasteiger partial charge in [0.25, 0.3) is 0 Å². The summed E-state index contributed by atoms with van der Waals surface area (Å²) >= 11 is 5.93. The van der Waals surface area contributed by atoms with E-state index in [-0.39, 0.29) is 6.04 Å². The normalized spacial score (nSPS) is 16.8. The van der Waals surface area contributed by atoms with Crippen molar-refractivity contribution in [1.82, 2.24) is 5.32 Å². The molecule has 1 unspecified atom stereocenters. The van der Waals surface area contributed by atoms with Crippen LogP contribution < -0.4 is 5.32 Å². The van der Waals surface area contributed by atoms with E-state index in [0.717, 1.165) is 17.0 Å². The van der Waals surface area contributed by atoms with Crippen molar-refractivity contribution in [3.8, 4) is 0 Å². The summed E-state index contributed by atoms with van der Waals surface area (Å²) in [6.45, 7) is 6.46. The lowest BCUT2D eigenvalue weighted by molar-refractivity contribution is 0.0533. The number of hydrogen-bond acceptors (Lipinski definition) is 2. The van der Waals surface area contributed by atoms with E-state index in [1.165, 1.54) is 0 Å². The molecule has 0 fully saturated rings. The van der Waals surface area contributed by atoms with Crippen LogP contribution >= 0.6 is 11.6 Å². The lowest BCUT2D eigenvalue weighted by Gasteiger charge is -2.24. The zero-order chi connectivity index (χ0) is 12.2. The summed E-state index contributed by atoms with van der Waals surface area (Å²) in [6.07, 6.45) is 0.738. The van der Waals surface area contributed by atoms with Gasteiger partial charge in [-0.05, 0) is 38.0 Å². The van der Waals surface area contributed by atoms with Crippen LogP contribution in [0.3, 0.4) is 0 Å². The average Bonchev–Trinajstić information content (AvgIpc) is 2.26. The largest absolute Gasteiger partial charge is 0.389 e. The number of hydrogen-bond donors (Lipinski definition) is 2. The third-order valence-electron chi connectivity index (χ3n) is 2.90. The monoisotopic (exact) mass is 241 g/mol. The van der Waals surface area contributed by atoms with Gasteiger partial charge in [-0.1, -0.05) is 30.7 Å². The van der Waals surface area contributed by atoms with Crippen molar-refractivity contribution in [2.75, 3.05) is 6.54 Å². The van der Waals surface area contributed by atoms with Gasteiger partial charge in [0.1, 0.15) is 0 Å². The summed E-state index contributed by atoms with van der Waals surface area (Å²) in [5.41, 5.74) is 0.492.